The van der Waals surface area contributed by atoms with Crippen molar-refractivity contribution < 1.29 is 14.3 Å². The van der Waals surface area contributed by atoms with E-state index in [2.05, 4.69) is 59.9 Å². The van der Waals surface area contributed by atoms with Gasteiger partial charge in [-0.2, -0.15) is 0 Å². The van der Waals surface area contributed by atoms with Gasteiger partial charge in [0.2, 0.25) is 0 Å². The van der Waals surface area contributed by atoms with Crippen molar-refractivity contribution in [3.8, 4) is 5.75 Å². The monoisotopic (exact) mass is 419 g/mol. The molecule has 1 saturated heterocycles. The van der Waals surface area contributed by atoms with Crippen LogP contribution < -0.4 is 10.1 Å². The van der Waals surface area contributed by atoms with Crippen molar-refractivity contribution in [2.45, 2.75) is 49.5 Å². The predicted octanol–water partition coefficient (Wildman–Crippen LogP) is 4.83. The van der Waals surface area contributed by atoms with Crippen LogP contribution in [-0.4, -0.2) is 32.3 Å². The summed E-state index contributed by atoms with van der Waals surface area (Å²) in [5, 5.41) is 3.91. The lowest BCUT2D eigenvalue weighted by atomic mass is 9.51. The fraction of sp³-hybridized carbons (Fsp3) is 0.444. The second-order valence-electron chi connectivity index (χ2n) is 8.92. The number of fused-ring (bicyclic) bond motifs is 2. The Balaban J connectivity index is 1.74. The first kappa shape index (κ1) is 21.6. The lowest BCUT2D eigenvalue weighted by Crippen LogP contribution is -2.65. The Kier molecular flexibility index (Phi) is 6.47. The fourth-order valence-corrected chi connectivity index (χ4v) is 5.97. The van der Waals surface area contributed by atoms with Gasteiger partial charge in [-0.05, 0) is 61.9 Å². The lowest BCUT2D eigenvalue weighted by Gasteiger charge is -2.59. The summed E-state index contributed by atoms with van der Waals surface area (Å²) in [6.45, 7) is 0.981. The summed E-state index contributed by atoms with van der Waals surface area (Å²) >= 11 is 0. The maximum absolute atomic E-state index is 12.0. The highest BCUT2D eigenvalue weighted by atomic mass is 16.5. The van der Waals surface area contributed by atoms with Crippen LogP contribution in [0.25, 0.3) is 0 Å². The Morgan fingerprint density at radius 3 is 2.71 bits per heavy atom. The Hall–Kier alpha value is -2.59. The molecule has 0 spiro atoms. The van der Waals surface area contributed by atoms with Crippen molar-refractivity contribution in [3.63, 3.8) is 0 Å². The Labute approximate surface area is 185 Å². The summed E-state index contributed by atoms with van der Waals surface area (Å²) in [5.74, 6) is 0.807. The molecule has 2 aliphatic rings. The van der Waals surface area contributed by atoms with Gasteiger partial charge in [-0.1, -0.05) is 55.0 Å². The van der Waals surface area contributed by atoms with Crippen LogP contribution in [0.2, 0.25) is 0 Å². The average molecular weight is 420 g/mol. The summed E-state index contributed by atoms with van der Waals surface area (Å²) in [7, 11) is 3.16. The molecule has 2 aromatic carbocycles. The van der Waals surface area contributed by atoms with Crippen LogP contribution >= 0.6 is 0 Å². The third-order valence-electron chi connectivity index (χ3n) is 7.46. The SMILES string of the molecule is COC(=O)C=CC1C2(CCc3ccccc3)CCCC1(c1cccc(OC)c1)CCN2. The molecule has 1 aliphatic carbocycles. The standard InChI is InChI=1S/C27H33NO3/c1-30-23-11-6-10-22(20-23)26-15-7-16-27(28-19-18-26,24(26)12-13-25(29)31-2)17-14-21-8-4-3-5-9-21/h3-6,8-13,20,24,28H,7,14-19H2,1-2H3. The molecule has 4 rings (SSSR count). The van der Waals surface area contributed by atoms with Gasteiger partial charge >= 0.3 is 5.97 Å². The van der Waals surface area contributed by atoms with Gasteiger partial charge in [0.25, 0.3) is 0 Å². The molecule has 2 fully saturated rings. The molecule has 1 aliphatic heterocycles. The van der Waals surface area contributed by atoms with E-state index in [1.54, 1.807) is 13.2 Å². The number of carbonyl (C=O) groups is 1. The predicted molar refractivity (Wildman–Crippen MR) is 123 cm³/mol. The molecule has 3 unspecified atom stereocenters. The largest absolute Gasteiger partial charge is 0.497 e. The topological polar surface area (TPSA) is 47.6 Å². The van der Waals surface area contributed by atoms with Crippen LogP contribution in [0.1, 0.15) is 43.2 Å². The normalized spacial score (nSPS) is 27.7. The fourth-order valence-electron chi connectivity index (χ4n) is 5.97. The minimum atomic E-state index is -0.289. The molecule has 2 aromatic rings. The minimum absolute atomic E-state index is 0.0146. The van der Waals surface area contributed by atoms with E-state index in [1.165, 1.54) is 24.7 Å². The minimum Gasteiger partial charge on any atom is -0.497 e. The van der Waals surface area contributed by atoms with Crippen molar-refractivity contribution >= 4 is 5.97 Å². The molecule has 0 aromatic heterocycles. The van der Waals surface area contributed by atoms with Gasteiger partial charge in [-0.25, -0.2) is 4.79 Å². The number of aryl methyl sites for hydroxylation is 1. The Morgan fingerprint density at radius 1 is 1.10 bits per heavy atom. The van der Waals surface area contributed by atoms with Crippen LogP contribution in [-0.2, 0) is 21.4 Å². The molecular weight excluding hydrogens is 386 g/mol. The van der Waals surface area contributed by atoms with Gasteiger partial charge in [0.1, 0.15) is 5.75 Å². The highest BCUT2D eigenvalue weighted by molar-refractivity contribution is 5.81. The molecule has 4 heteroatoms. The molecule has 1 N–H and O–H groups in total. The van der Waals surface area contributed by atoms with Crippen LogP contribution in [0.4, 0.5) is 0 Å². The van der Waals surface area contributed by atoms with Gasteiger partial charge in [-0.3, -0.25) is 0 Å². The molecule has 4 nitrogen and oxygen atoms in total. The number of hydrogen-bond donors (Lipinski definition) is 1. The van der Waals surface area contributed by atoms with E-state index in [-0.39, 0.29) is 22.8 Å². The van der Waals surface area contributed by atoms with E-state index in [0.717, 1.165) is 44.4 Å². The number of ether oxygens (including phenoxy) is 2. The zero-order chi connectivity index (χ0) is 21.7. The van der Waals surface area contributed by atoms with Crippen LogP contribution in [0, 0.1) is 5.92 Å². The molecule has 1 heterocycles. The number of carbonyl (C=O) groups excluding carboxylic acids is 1. The van der Waals surface area contributed by atoms with E-state index in [9.17, 15) is 4.79 Å². The third-order valence-corrected chi connectivity index (χ3v) is 7.46. The van der Waals surface area contributed by atoms with E-state index < -0.39 is 0 Å². The quantitative estimate of drug-likeness (QED) is 0.516. The summed E-state index contributed by atoms with van der Waals surface area (Å²) < 4.78 is 10.5. The summed E-state index contributed by atoms with van der Waals surface area (Å²) in [6, 6.07) is 19.2. The number of piperidine rings is 1. The highest BCUT2D eigenvalue weighted by Crippen LogP contribution is 2.55. The smallest absolute Gasteiger partial charge is 0.330 e. The Bertz CT molecular complexity index is 911. The molecular formula is C27H33NO3. The first-order chi connectivity index (χ1) is 15.1. The van der Waals surface area contributed by atoms with E-state index >= 15 is 0 Å². The number of benzene rings is 2. The summed E-state index contributed by atoms with van der Waals surface area (Å²) in [4.78, 5) is 12.0. The maximum Gasteiger partial charge on any atom is 0.330 e. The summed E-state index contributed by atoms with van der Waals surface area (Å²) in [5.41, 5.74) is 2.62. The molecule has 0 amide bonds. The number of nitrogens with one attached hydrogen (secondary N) is 1. The first-order valence-corrected chi connectivity index (χ1v) is 11.3. The highest BCUT2D eigenvalue weighted by Gasteiger charge is 2.55. The molecule has 0 radical (unpaired) electrons. The maximum atomic E-state index is 12.0. The zero-order valence-electron chi connectivity index (χ0n) is 18.6. The van der Waals surface area contributed by atoms with Crippen LogP contribution in [0.5, 0.6) is 5.75 Å². The van der Waals surface area contributed by atoms with Gasteiger partial charge < -0.3 is 14.8 Å². The lowest BCUT2D eigenvalue weighted by molar-refractivity contribution is -0.134. The van der Waals surface area contributed by atoms with Crippen molar-refractivity contribution in [2.24, 2.45) is 5.92 Å². The number of hydrogen-bond acceptors (Lipinski definition) is 4. The van der Waals surface area contributed by atoms with Crippen molar-refractivity contribution in [1.82, 2.24) is 5.32 Å². The second kappa shape index (κ2) is 9.27. The van der Waals surface area contributed by atoms with Crippen molar-refractivity contribution in [2.75, 3.05) is 20.8 Å². The number of methoxy groups -OCH3 is 2. The molecule has 164 valence electrons. The van der Waals surface area contributed by atoms with Gasteiger partial charge in [-0.15, -0.1) is 0 Å². The third kappa shape index (κ3) is 4.27. The van der Waals surface area contributed by atoms with Gasteiger partial charge in [0, 0.05) is 22.9 Å². The van der Waals surface area contributed by atoms with Crippen LogP contribution in [0.3, 0.4) is 0 Å². The van der Waals surface area contributed by atoms with E-state index in [0.29, 0.717) is 0 Å². The second-order valence-corrected chi connectivity index (χ2v) is 8.92. The number of rotatable bonds is 7. The van der Waals surface area contributed by atoms with E-state index in [1.807, 2.05) is 6.07 Å². The van der Waals surface area contributed by atoms with Gasteiger partial charge in [0.15, 0.2) is 0 Å². The molecule has 1 saturated carbocycles. The molecule has 3 atom stereocenters. The molecule has 2 bridgehead atoms. The van der Waals surface area contributed by atoms with Crippen molar-refractivity contribution in [1.29, 1.82) is 0 Å². The number of esters is 1. The Morgan fingerprint density at radius 2 is 1.94 bits per heavy atom. The van der Waals surface area contributed by atoms with Crippen molar-refractivity contribution in [3.05, 3.63) is 77.9 Å². The van der Waals surface area contributed by atoms with Crippen LogP contribution in [0.15, 0.2) is 66.7 Å². The average Bonchev–Trinajstić information content (AvgIpc) is 2.81. The van der Waals surface area contributed by atoms with Gasteiger partial charge in [0.05, 0.1) is 14.2 Å². The van der Waals surface area contributed by atoms with E-state index in [4.69, 9.17) is 9.47 Å². The molecule has 31 heavy (non-hydrogen) atoms. The first-order valence-electron chi connectivity index (χ1n) is 11.3. The summed E-state index contributed by atoms with van der Waals surface area (Å²) in [6.07, 6.45) is 10.3. The zero-order valence-corrected chi connectivity index (χ0v) is 18.6.